The third kappa shape index (κ3) is 6.41. The monoisotopic (exact) mass is 612 g/mol. The first-order chi connectivity index (χ1) is 19.9. The maximum absolute atomic E-state index is 12.3. The van der Waals surface area contributed by atoms with Crippen LogP contribution < -0.4 is 11.5 Å². The molecule has 218 valence electrons. The largest absolute Gasteiger partial charge is 0.465 e. The molecular weight excluding hydrogens is 588 g/mol. The van der Waals surface area contributed by atoms with E-state index in [0.29, 0.717) is 10.8 Å². The van der Waals surface area contributed by atoms with Crippen LogP contribution in [0.5, 0.6) is 0 Å². The molecule has 0 aliphatic rings. The number of carbonyl (C=O) groups is 1. The number of carbonyl (C=O) groups excluding carboxylic acids is 1. The summed E-state index contributed by atoms with van der Waals surface area (Å²) in [7, 11) is -7.31. The lowest BCUT2D eigenvalue weighted by atomic mass is 10.1. The van der Waals surface area contributed by atoms with Crippen LogP contribution in [0.1, 0.15) is 10.4 Å². The second kappa shape index (κ2) is 12.0. The van der Waals surface area contributed by atoms with Gasteiger partial charge in [0.1, 0.15) is 22.0 Å². The van der Waals surface area contributed by atoms with Crippen molar-refractivity contribution in [3.05, 3.63) is 72.3 Å². The van der Waals surface area contributed by atoms with Crippen LogP contribution in [0, 0.1) is 0 Å². The molecule has 16 heteroatoms. The molecule has 14 nitrogen and oxygen atoms in total. The molecule has 6 N–H and O–H groups in total. The van der Waals surface area contributed by atoms with Crippen LogP contribution >= 0.6 is 0 Å². The lowest BCUT2D eigenvalue weighted by molar-refractivity contribution is 0.0601. The number of nitrogens with two attached hydrogens (primary N) is 2. The summed E-state index contributed by atoms with van der Waals surface area (Å²) in [6.07, 6.45) is 0. The number of nitrogen functional groups attached to an aromatic ring is 2. The van der Waals surface area contributed by atoms with Crippen molar-refractivity contribution in [3.8, 4) is 0 Å². The van der Waals surface area contributed by atoms with E-state index in [1.165, 1.54) is 37.4 Å². The Bertz CT molecular complexity index is 1980. The predicted molar refractivity (Wildman–Crippen MR) is 154 cm³/mol. The van der Waals surface area contributed by atoms with Gasteiger partial charge in [-0.15, -0.1) is 15.3 Å². The summed E-state index contributed by atoms with van der Waals surface area (Å²) in [6, 6.07) is 16.1. The molecule has 0 bridgehead atoms. The number of esters is 1. The van der Waals surface area contributed by atoms with E-state index in [-0.39, 0.29) is 38.9 Å². The van der Waals surface area contributed by atoms with Gasteiger partial charge in [0.2, 0.25) is 0 Å². The molecule has 4 rings (SSSR count). The Morgan fingerprint density at radius 3 is 2.19 bits per heavy atom. The zero-order valence-electron chi connectivity index (χ0n) is 21.9. The Morgan fingerprint density at radius 1 is 0.833 bits per heavy atom. The molecular formula is C26H24N6O8S2. The fourth-order valence-electron chi connectivity index (χ4n) is 3.83. The van der Waals surface area contributed by atoms with Gasteiger partial charge in [0.05, 0.1) is 47.0 Å². The SMILES string of the molecule is COC(=O)c1ccccc1N=Nc1cc(S(=O)(=O)O)c(N)c(N=Nc2ccc3cc(S(=O)(=O)CCO)ccc3c2)c1N. The normalized spacial score (nSPS) is 12.4. The van der Waals surface area contributed by atoms with Gasteiger partial charge >= 0.3 is 5.97 Å². The summed E-state index contributed by atoms with van der Waals surface area (Å²) < 4.78 is 63.1. The minimum atomic E-state index is -4.86. The van der Waals surface area contributed by atoms with Crippen LogP contribution in [0.3, 0.4) is 0 Å². The standard InChI is InChI=1S/C26H24N6O8S2/c1-40-26(34)19-4-2-3-5-20(19)30-31-21-14-22(42(37,38)39)24(28)25(23(21)27)32-29-17-8-6-16-13-18(9-7-15(16)12-17)41(35,36)11-10-33/h2-9,12-14,33H,10-11,27-28H2,1H3,(H,37,38,39). The molecule has 0 saturated heterocycles. The lowest BCUT2D eigenvalue weighted by Crippen LogP contribution is -2.09. The second-order valence-electron chi connectivity index (χ2n) is 8.69. The molecule has 4 aromatic rings. The Balaban J connectivity index is 1.76. The first kappa shape index (κ1) is 30.2. The maximum atomic E-state index is 12.3. The van der Waals surface area contributed by atoms with Crippen molar-refractivity contribution >= 4 is 70.8 Å². The molecule has 0 atom stereocenters. The number of aliphatic hydroxyl groups is 1. The van der Waals surface area contributed by atoms with Gasteiger partial charge in [-0.05, 0) is 53.2 Å². The van der Waals surface area contributed by atoms with Crippen LogP contribution in [-0.2, 0) is 24.7 Å². The summed E-state index contributed by atoms with van der Waals surface area (Å²) in [5.74, 6) is -1.09. The highest BCUT2D eigenvalue weighted by Crippen LogP contribution is 2.43. The number of methoxy groups -OCH3 is 1. The third-order valence-corrected chi connectivity index (χ3v) is 8.54. The van der Waals surface area contributed by atoms with Crippen molar-refractivity contribution < 1.29 is 36.0 Å². The fourth-order valence-corrected chi connectivity index (χ4v) is 5.52. The summed E-state index contributed by atoms with van der Waals surface area (Å²) in [6.45, 7) is -0.505. The molecule has 0 aliphatic heterocycles. The first-order valence-corrected chi connectivity index (χ1v) is 15.0. The van der Waals surface area contributed by atoms with Crippen molar-refractivity contribution in [3.63, 3.8) is 0 Å². The topological polar surface area (TPSA) is 237 Å². The van der Waals surface area contributed by atoms with Crippen molar-refractivity contribution in [2.24, 2.45) is 20.5 Å². The maximum Gasteiger partial charge on any atom is 0.340 e. The Kier molecular flexibility index (Phi) is 8.62. The molecule has 0 saturated carbocycles. The van der Waals surface area contributed by atoms with Gasteiger partial charge in [-0.1, -0.05) is 24.3 Å². The molecule has 42 heavy (non-hydrogen) atoms. The number of rotatable bonds is 9. The van der Waals surface area contributed by atoms with Gasteiger partial charge in [0.25, 0.3) is 10.1 Å². The number of nitrogens with zero attached hydrogens (tertiary/aromatic N) is 4. The Morgan fingerprint density at radius 2 is 1.50 bits per heavy atom. The number of sulfone groups is 1. The van der Waals surface area contributed by atoms with Crippen LogP contribution in [0.15, 0.2) is 97.0 Å². The highest BCUT2D eigenvalue weighted by Gasteiger charge is 2.23. The van der Waals surface area contributed by atoms with Crippen LogP contribution in [0.2, 0.25) is 0 Å². The quantitative estimate of drug-likeness (QED) is 0.0884. The van der Waals surface area contributed by atoms with Gasteiger partial charge in [-0.2, -0.15) is 13.5 Å². The van der Waals surface area contributed by atoms with E-state index in [9.17, 15) is 26.2 Å². The van der Waals surface area contributed by atoms with Crippen molar-refractivity contribution in [2.45, 2.75) is 9.79 Å². The van der Waals surface area contributed by atoms with E-state index in [0.717, 1.165) is 6.07 Å². The molecule has 0 heterocycles. The van der Waals surface area contributed by atoms with Gasteiger partial charge in [0.15, 0.2) is 9.84 Å². The van der Waals surface area contributed by atoms with E-state index in [2.05, 4.69) is 20.5 Å². The molecule has 0 fully saturated rings. The van der Waals surface area contributed by atoms with Gasteiger partial charge in [0, 0.05) is 0 Å². The highest BCUT2D eigenvalue weighted by molar-refractivity contribution is 7.91. The molecule has 0 unspecified atom stereocenters. The average molecular weight is 613 g/mol. The molecule has 0 aliphatic carbocycles. The zero-order valence-corrected chi connectivity index (χ0v) is 23.5. The number of azo groups is 2. The fraction of sp³-hybridized carbons (Fsp3) is 0.115. The minimum absolute atomic E-state index is 0.0527. The number of hydrogen-bond acceptors (Lipinski definition) is 13. The molecule has 0 spiro atoms. The third-order valence-electron chi connectivity index (χ3n) is 5.95. The van der Waals surface area contributed by atoms with Crippen LogP contribution in [-0.4, -0.2) is 51.9 Å². The van der Waals surface area contributed by atoms with Gasteiger partial charge in [-0.3, -0.25) is 4.55 Å². The molecule has 0 aromatic heterocycles. The number of anilines is 2. The van der Waals surface area contributed by atoms with E-state index in [1.54, 1.807) is 30.3 Å². The minimum Gasteiger partial charge on any atom is -0.465 e. The van der Waals surface area contributed by atoms with E-state index < -0.39 is 48.9 Å². The Labute approximate surface area is 240 Å². The van der Waals surface area contributed by atoms with Gasteiger partial charge < -0.3 is 21.3 Å². The smallest absolute Gasteiger partial charge is 0.340 e. The highest BCUT2D eigenvalue weighted by atomic mass is 32.2. The number of fused-ring (bicyclic) bond motifs is 1. The molecule has 0 amide bonds. The number of hydrogen-bond donors (Lipinski definition) is 4. The zero-order chi connectivity index (χ0) is 30.7. The van der Waals surface area contributed by atoms with Crippen molar-refractivity contribution in [2.75, 3.05) is 30.9 Å². The summed E-state index contributed by atoms with van der Waals surface area (Å²) in [5.41, 5.74) is 11.4. The van der Waals surface area contributed by atoms with E-state index >= 15 is 0 Å². The van der Waals surface area contributed by atoms with Crippen LogP contribution in [0.4, 0.5) is 34.1 Å². The summed E-state index contributed by atoms with van der Waals surface area (Å²) in [5, 5.41) is 26.2. The molecule has 0 radical (unpaired) electrons. The van der Waals surface area contributed by atoms with E-state index in [1.807, 2.05) is 0 Å². The average Bonchev–Trinajstić information content (AvgIpc) is 2.95. The summed E-state index contributed by atoms with van der Waals surface area (Å²) >= 11 is 0. The van der Waals surface area contributed by atoms with Gasteiger partial charge in [-0.25, -0.2) is 13.2 Å². The second-order valence-corrected chi connectivity index (χ2v) is 12.2. The van der Waals surface area contributed by atoms with Crippen LogP contribution in [0.25, 0.3) is 10.8 Å². The predicted octanol–water partition coefficient (Wildman–Crippen LogP) is 4.63. The number of benzene rings is 4. The first-order valence-electron chi connectivity index (χ1n) is 11.9. The summed E-state index contributed by atoms with van der Waals surface area (Å²) in [4.78, 5) is 11.4. The van der Waals surface area contributed by atoms with E-state index in [4.69, 9.17) is 21.3 Å². The lowest BCUT2D eigenvalue weighted by Gasteiger charge is -2.10. The number of ether oxygens (including phenoxy) is 1. The van der Waals surface area contributed by atoms with Crippen molar-refractivity contribution in [1.82, 2.24) is 0 Å². The van der Waals surface area contributed by atoms with Crippen molar-refractivity contribution in [1.29, 1.82) is 0 Å². The molecule has 4 aromatic carbocycles. The number of aliphatic hydroxyl groups excluding tert-OH is 1. The Hall–Kier alpha value is -4.77.